The van der Waals surface area contributed by atoms with Crippen LogP contribution in [-0.4, -0.2) is 21.9 Å². The van der Waals surface area contributed by atoms with Gasteiger partial charge in [-0.25, -0.2) is 9.36 Å². The Kier molecular flexibility index (Phi) is 3.84. The minimum Gasteiger partial charge on any atom is -0.494 e. The number of Topliss-reactive ketones (excluding diaryl/α,β-unsaturated/α-hetero) is 1. The van der Waals surface area contributed by atoms with Crippen molar-refractivity contribution in [3.8, 4) is 11.4 Å². The van der Waals surface area contributed by atoms with Gasteiger partial charge in [-0.15, -0.1) is 0 Å². The lowest BCUT2D eigenvalue weighted by atomic mass is 10.2. The van der Waals surface area contributed by atoms with E-state index in [2.05, 4.69) is 4.98 Å². The lowest BCUT2D eigenvalue weighted by molar-refractivity contribution is 0.101. The summed E-state index contributed by atoms with van der Waals surface area (Å²) in [6, 6.07) is 6.49. The molecule has 0 spiro atoms. The van der Waals surface area contributed by atoms with Crippen LogP contribution in [0.15, 0.2) is 40.1 Å². The molecule has 0 aliphatic heterocycles. The molecule has 0 atom stereocenters. The van der Waals surface area contributed by atoms with Crippen LogP contribution >= 0.6 is 0 Å². The average molecular weight is 274 g/mol. The number of nitrogens with one attached hydrogen (secondary N) is 1. The summed E-state index contributed by atoms with van der Waals surface area (Å²) in [6.45, 7) is 3.66. The molecular weight excluding hydrogens is 260 g/mol. The summed E-state index contributed by atoms with van der Waals surface area (Å²) in [5, 5.41) is 0. The first-order valence-corrected chi connectivity index (χ1v) is 6.13. The first kappa shape index (κ1) is 13.8. The third-order valence-corrected chi connectivity index (χ3v) is 2.76. The van der Waals surface area contributed by atoms with Crippen LogP contribution in [0, 0.1) is 0 Å². The van der Waals surface area contributed by atoms with Crippen LogP contribution < -0.4 is 16.0 Å². The monoisotopic (exact) mass is 274 g/mol. The van der Waals surface area contributed by atoms with Gasteiger partial charge in [0.05, 0.1) is 17.9 Å². The predicted molar refractivity (Wildman–Crippen MR) is 73.8 cm³/mol. The van der Waals surface area contributed by atoms with Gasteiger partial charge in [0.1, 0.15) is 5.75 Å². The number of carbonyl (C=O) groups is 1. The average Bonchev–Trinajstić information content (AvgIpc) is 2.40. The van der Waals surface area contributed by atoms with Crippen molar-refractivity contribution in [2.75, 3.05) is 6.61 Å². The van der Waals surface area contributed by atoms with E-state index in [4.69, 9.17) is 4.74 Å². The molecule has 2 rings (SSSR count). The zero-order chi connectivity index (χ0) is 14.7. The van der Waals surface area contributed by atoms with E-state index in [1.165, 1.54) is 6.92 Å². The number of hydrogen-bond donors (Lipinski definition) is 1. The normalized spacial score (nSPS) is 10.3. The van der Waals surface area contributed by atoms with Crippen LogP contribution in [0.1, 0.15) is 24.2 Å². The third kappa shape index (κ3) is 2.54. The van der Waals surface area contributed by atoms with Crippen LogP contribution in [0.25, 0.3) is 5.69 Å². The topological polar surface area (TPSA) is 81.2 Å². The summed E-state index contributed by atoms with van der Waals surface area (Å²) in [6.07, 6.45) is 1.14. The SMILES string of the molecule is CCOc1ccc(-n2c(=O)[nH]cc(C(C)=O)c2=O)cc1. The highest BCUT2D eigenvalue weighted by Crippen LogP contribution is 2.13. The van der Waals surface area contributed by atoms with Crippen molar-refractivity contribution in [1.82, 2.24) is 9.55 Å². The summed E-state index contributed by atoms with van der Waals surface area (Å²) in [5.74, 6) is 0.245. The Morgan fingerprint density at radius 3 is 2.45 bits per heavy atom. The summed E-state index contributed by atoms with van der Waals surface area (Å²) in [4.78, 5) is 37.7. The van der Waals surface area contributed by atoms with Crippen molar-refractivity contribution < 1.29 is 9.53 Å². The van der Waals surface area contributed by atoms with Crippen molar-refractivity contribution >= 4 is 5.78 Å². The Balaban J connectivity index is 2.57. The summed E-state index contributed by atoms with van der Waals surface area (Å²) < 4.78 is 6.21. The van der Waals surface area contributed by atoms with E-state index in [0.717, 1.165) is 10.8 Å². The van der Waals surface area contributed by atoms with Crippen molar-refractivity contribution in [3.05, 3.63) is 56.9 Å². The van der Waals surface area contributed by atoms with Gasteiger partial charge in [-0.3, -0.25) is 9.59 Å². The van der Waals surface area contributed by atoms with Crippen LogP contribution in [0.4, 0.5) is 0 Å². The van der Waals surface area contributed by atoms with Gasteiger partial charge in [-0.2, -0.15) is 0 Å². The number of benzene rings is 1. The molecule has 0 radical (unpaired) electrons. The van der Waals surface area contributed by atoms with Crippen LogP contribution in [0.2, 0.25) is 0 Å². The number of rotatable bonds is 4. The summed E-state index contributed by atoms with van der Waals surface area (Å²) in [7, 11) is 0. The zero-order valence-corrected chi connectivity index (χ0v) is 11.2. The maximum atomic E-state index is 12.1. The minimum atomic E-state index is -0.634. The standard InChI is InChI=1S/C14H14N2O4/c1-3-20-11-6-4-10(5-7-11)16-13(18)12(9(2)17)8-15-14(16)19/h4-8H,3H2,1-2H3,(H,15,19). The Morgan fingerprint density at radius 1 is 1.25 bits per heavy atom. The second kappa shape index (κ2) is 5.56. The Morgan fingerprint density at radius 2 is 1.90 bits per heavy atom. The van der Waals surface area contributed by atoms with Crippen molar-refractivity contribution in [3.63, 3.8) is 0 Å². The van der Waals surface area contributed by atoms with Gasteiger partial charge in [0, 0.05) is 6.20 Å². The van der Waals surface area contributed by atoms with E-state index in [1.807, 2.05) is 6.92 Å². The van der Waals surface area contributed by atoms with Gasteiger partial charge >= 0.3 is 5.69 Å². The van der Waals surface area contributed by atoms with Crippen LogP contribution in [0.3, 0.4) is 0 Å². The number of H-pyrrole nitrogens is 1. The van der Waals surface area contributed by atoms with Crippen molar-refractivity contribution in [2.24, 2.45) is 0 Å². The van der Waals surface area contributed by atoms with Gasteiger partial charge in [0.2, 0.25) is 0 Å². The molecule has 1 heterocycles. The first-order chi connectivity index (χ1) is 9.54. The molecule has 0 saturated carbocycles. The molecule has 104 valence electrons. The summed E-state index contributed by atoms with van der Waals surface area (Å²) in [5.41, 5.74) is -0.907. The van der Waals surface area contributed by atoms with E-state index in [0.29, 0.717) is 18.0 Å². The van der Waals surface area contributed by atoms with Gasteiger partial charge in [-0.1, -0.05) is 0 Å². The van der Waals surface area contributed by atoms with E-state index < -0.39 is 17.0 Å². The van der Waals surface area contributed by atoms with E-state index in [9.17, 15) is 14.4 Å². The number of hydrogen-bond acceptors (Lipinski definition) is 4. The van der Waals surface area contributed by atoms with E-state index >= 15 is 0 Å². The lowest BCUT2D eigenvalue weighted by Gasteiger charge is -2.07. The smallest absolute Gasteiger partial charge is 0.333 e. The molecule has 20 heavy (non-hydrogen) atoms. The second-order valence-electron chi connectivity index (χ2n) is 4.13. The quantitative estimate of drug-likeness (QED) is 0.847. The number of aromatic amines is 1. The Labute approximate surface area is 114 Å². The van der Waals surface area contributed by atoms with Gasteiger partial charge in [-0.05, 0) is 38.1 Å². The highest BCUT2D eigenvalue weighted by atomic mass is 16.5. The highest BCUT2D eigenvalue weighted by molar-refractivity contribution is 5.93. The van der Waals surface area contributed by atoms with Crippen LogP contribution in [0.5, 0.6) is 5.75 Å². The molecule has 0 bridgehead atoms. The van der Waals surface area contributed by atoms with Gasteiger partial charge in [0.25, 0.3) is 5.56 Å². The molecule has 6 heteroatoms. The molecule has 2 aromatic rings. The highest BCUT2D eigenvalue weighted by Gasteiger charge is 2.12. The van der Waals surface area contributed by atoms with E-state index in [1.54, 1.807) is 24.3 Å². The minimum absolute atomic E-state index is 0.0570. The lowest BCUT2D eigenvalue weighted by Crippen LogP contribution is -2.36. The molecule has 6 nitrogen and oxygen atoms in total. The predicted octanol–water partition coefficient (Wildman–Crippen LogP) is 1.13. The Bertz CT molecular complexity index is 741. The maximum Gasteiger partial charge on any atom is 0.333 e. The molecule has 0 unspecified atom stereocenters. The molecule has 0 aliphatic rings. The maximum absolute atomic E-state index is 12.1. The fraction of sp³-hybridized carbons (Fsp3) is 0.214. The molecule has 0 fully saturated rings. The number of aromatic nitrogens is 2. The Hall–Kier alpha value is -2.63. The molecule has 0 aliphatic carbocycles. The first-order valence-electron chi connectivity index (χ1n) is 6.13. The summed E-state index contributed by atoms with van der Waals surface area (Å²) >= 11 is 0. The second-order valence-corrected chi connectivity index (χ2v) is 4.13. The zero-order valence-electron chi connectivity index (χ0n) is 11.2. The number of carbonyl (C=O) groups excluding carboxylic acids is 1. The molecule has 0 saturated heterocycles. The molecule has 0 amide bonds. The molecule has 1 N–H and O–H groups in total. The number of ether oxygens (including phenoxy) is 1. The molecular formula is C14H14N2O4. The van der Waals surface area contributed by atoms with Gasteiger partial charge in [0.15, 0.2) is 5.78 Å². The molecule has 1 aromatic carbocycles. The van der Waals surface area contributed by atoms with Crippen LogP contribution in [-0.2, 0) is 0 Å². The third-order valence-electron chi connectivity index (χ3n) is 2.76. The van der Waals surface area contributed by atoms with Gasteiger partial charge < -0.3 is 9.72 Å². The largest absolute Gasteiger partial charge is 0.494 e. The van der Waals surface area contributed by atoms with Crippen molar-refractivity contribution in [1.29, 1.82) is 0 Å². The molecule has 1 aromatic heterocycles. The number of nitrogens with zero attached hydrogens (tertiary/aromatic N) is 1. The number of ketones is 1. The fourth-order valence-electron chi connectivity index (χ4n) is 1.82. The van der Waals surface area contributed by atoms with E-state index in [-0.39, 0.29) is 5.56 Å². The van der Waals surface area contributed by atoms with Crippen molar-refractivity contribution in [2.45, 2.75) is 13.8 Å². The fourth-order valence-corrected chi connectivity index (χ4v) is 1.82.